The van der Waals surface area contributed by atoms with Crippen LogP contribution in [0.25, 0.3) is 11.4 Å². The van der Waals surface area contributed by atoms with Crippen molar-refractivity contribution in [3.05, 3.63) is 95.0 Å². The van der Waals surface area contributed by atoms with E-state index in [1.807, 2.05) is 31.2 Å². The molecule has 0 radical (unpaired) electrons. The van der Waals surface area contributed by atoms with Gasteiger partial charge in [0.2, 0.25) is 5.91 Å². The van der Waals surface area contributed by atoms with E-state index in [1.54, 1.807) is 53.1 Å². The van der Waals surface area contributed by atoms with E-state index in [9.17, 15) is 14.7 Å². The molecule has 0 spiro atoms. The third-order valence-corrected chi connectivity index (χ3v) is 6.74. The maximum absolute atomic E-state index is 12.9. The summed E-state index contributed by atoms with van der Waals surface area (Å²) in [5.41, 5.74) is 2.97. The van der Waals surface area contributed by atoms with Gasteiger partial charge in [0.25, 0.3) is 5.91 Å². The number of carbonyl (C=O) groups excluding carboxylic acids is 2. The predicted molar refractivity (Wildman–Crippen MR) is 150 cm³/mol. The number of para-hydroxylation sites is 1. The minimum Gasteiger partial charge on any atom is -0.507 e. The van der Waals surface area contributed by atoms with Gasteiger partial charge in [0.1, 0.15) is 5.75 Å². The molecule has 4 rings (SSSR count). The van der Waals surface area contributed by atoms with Crippen LogP contribution in [0.3, 0.4) is 0 Å². The summed E-state index contributed by atoms with van der Waals surface area (Å²) in [7, 11) is 0. The van der Waals surface area contributed by atoms with Crippen LogP contribution in [0, 0.1) is 6.92 Å². The van der Waals surface area contributed by atoms with Crippen molar-refractivity contribution in [2.45, 2.75) is 18.6 Å². The molecule has 0 saturated carbocycles. The van der Waals surface area contributed by atoms with Crippen molar-refractivity contribution in [3.8, 4) is 17.1 Å². The highest BCUT2D eigenvalue weighted by Gasteiger charge is 2.19. The molecule has 0 atom stereocenters. The van der Waals surface area contributed by atoms with Crippen molar-refractivity contribution in [2.75, 3.05) is 16.4 Å². The van der Waals surface area contributed by atoms with Crippen molar-refractivity contribution in [2.24, 2.45) is 0 Å². The lowest BCUT2D eigenvalue weighted by atomic mass is 10.1. The van der Waals surface area contributed by atoms with E-state index in [4.69, 9.17) is 0 Å². The maximum atomic E-state index is 12.9. The Morgan fingerprint density at radius 3 is 2.68 bits per heavy atom. The van der Waals surface area contributed by atoms with Crippen LogP contribution in [0.15, 0.2) is 89.0 Å². The first-order chi connectivity index (χ1) is 17.9. The number of halogens is 1. The number of phenols is 1. The lowest BCUT2D eigenvalue weighted by Crippen LogP contribution is -2.19. The molecule has 4 aromatic rings. The van der Waals surface area contributed by atoms with E-state index in [-0.39, 0.29) is 23.3 Å². The zero-order chi connectivity index (χ0) is 26.4. The molecular weight excluding hydrogens is 554 g/mol. The van der Waals surface area contributed by atoms with Gasteiger partial charge in [-0.05, 0) is 55.0 Å². The zero-order valence-corrected chi connectivity index (χ0v) is 22.3. The second-order valence-corrected chi connectivity index (χ2v) is 9.93. The molecule has 8 nitrogen and oxygen atoms in total. The van der Waals surface area contributed by atoms with Crippen molar-refractivity contribution in [1.29, 1.82) is 0 Å². The number of nitrogens with zero attached hydrogens (tertiary/aromatic N) is 3. The maximum Gasteiger partial charge on any atom is 0.257 e. The molecule has 0 aliphatic rings. The normalized spacial score (nSPS) is 10.6. The molecule has 0 aliphatic heterocycles. The summed E-state index contributed by atoms with van der Waals surface area (Å²) in [5, 5.41) is 25.0. The summed E-state index contributed by atoms with van der Waals surface area (Å²) in [5.74, 6) is -0.0668. The Hall–Kier alpha value is -3.89. The second kappa shape index (κ2) is 11.9. The summed E-state index contributed by atoms with van der Waals surface area (Å²) in [6, 6.07) is 19.4. The Labute approximate surface area is 227 Å². The Kier molecular flexibility index (Phi) is 8.42. The first-order valence-electron chi connectivity index (χ1n) is 11.3. The summed E-state index contributed by atoms with van der Waals surface area (Å²) < 4.78 is 2.56. The summed E-state index contributed by atoms with van der Waals surface area (Å²) in [6.07, 6.45) is 1.69. The van der Waals surface area contributed by atoms with Gasteiger partial charge in [-0.2, -0.15) is 0 Å². The van der Waals surface area contributed by atoms with Gasteiger partial charge in [0.05, 0.1) is 22.6 Å². The predicted octanol–water partition coefficient (Wildman–Crippen LogP) is 5.89. The number of anilines is 2. The minimum atomic E-state index is -0.321. The van der Waals surface area contributed by atoms with E-state index >= 15 is 0 Å². The Morgan fingerprint density at radius 1 is 1.08 bits per heavy atom. The van der Waals surface area contributed by atoms with Crippen LogP contribution in [-0.2, 0) is 11.3 Å². The molecule has 1 aromatic heterocycles. The van der Waals surface area contributed by atoms with Crippen molar-refractivity contribution in [3.63, 3.8) is 0 Å². The number of thioether (sulfide) groups is 1. The van der Waals surface area contributed by atoms with E-state index in [1.165, 1.54) is 11.8 Å². The molecule has 2 amide bonds. The van der Waals surface area contributed by atoms with E-state index in [0.29, 0.717) is 40.0 Å². The van der Waals surface area contributed by atoms with Gasteiger partial charge in [-0.25, -0.2) is 0 Å². The number of aromatic hydroxyl groups is 1. The number of phenolic OH excluding ortho intramolecular Hbond substituents is 1. The standard InChI is InChI=1S/C27H24BrN5O3S/c1-3-13-33-25(21-15-18(28)11-12-23(21)34)31-32-27(33)37-16-24(35)30-22-10-5-4-9-20(22)26(36)29-19-8-6-7-17(2)14-19/h3-12,14-15,34H,1,13,16H2,2H3,(H,29,36)(H,30,35). The van der Waals surface area contributed by atoms with Gasteiger partial charge in [-0.15, -0.1) is 16.8 Å². The molecule has 0 saturated heterocycles. The molecule has 10 heteroatoms. The third-order valence-electron chi connectivity index (χ3n) is 5.28. The Balaban J connectivity index is 1.47. The number of allylic oxidation sites excluding steroid dienone is 1. The molecule has 3 aromatic carbocycles. The molecule has 188 valence electrons. The lowest BCUT2D eigenvalue weighted by molar-refractivity contribution is -0.113. The number of amides is 2. The van der Waals surface area contributed by atoms with Crippen molar-refractivity contribution >= 4 is 50.9 Å². The average molecular weight is 578 g/mol. The van der Waals surface area contributed by atoms with Crippen LogP contribution in [0.1, 0.15) is 15.9 Å². The van der Waals surface area contributed by atoms with Crippen molar-refractivity contribution in [1.82, 2.24) is 14.8 Å². The minimum absolute atomic E-state index is 0.0353. The highest BCUT2D eigenvalue weighted by molar-refractivity contribution is 9.10. The summed E-state index contributed by atoms with van der Waals surface area (Å²) >= 11 is 4.60. The van der Waals surface area contributed by atoms with E-state index in [0.717, 1.165) is 10.0 Å². The number of aromatic nitrogens is 3. The molecule has 0 bridgehead atoms. The average Bonchev–Trinajstić information content (AvgIpc) is 3.27. The van der Waals surface area contributed by atoms with E-state index < -0.39 is 0 Å². The molecule has 0 aliphatic carbocycles. The Morgan fingerprint density at radius 2 is 1.89 bits per heavy atom. The van der Waals surface area contributed by atoms with Gasteiger partial charge in [-0.1, -0.05) is 58.0 Å². The third kappa shape index (κ3) is 6.46. The second-order valence-electron chi connectivity index (χ2n) is 8.07. The number of aryl methyl sites for hydroxylation is 1. The smallest absolute Gasteiger partial charge is 0.257 e. The SMILES string of the molecule is C=CCn1c(SCC(=O)Nc2ccccc2C(=O)Nc2cccc(C)c2)nnc1-c1cc(Br)ccc1O. The number of carbonyl (C=O) groups is 2. The van der Waals surface area contributed by atoms with Crippen LogP contribution >= 0.6 is 27.7 Å². The van der Waals surface area contributed by atoms with Gasteiger partial charge in [0, 0.05) is 16.7 Å². The first-order valence-corrected chi connectivity index (χ1v) is 13.1. The van der Waals surface area contributed by atoms with Crippen molar-refractivity contribution < 1.29 is 14.7 Å². The fraction of sp³-hybridized carbons (Fsp3) is 0.111. The first kappa shape index (κ1) is 26.2. The molecule has 37 heavy (non-hydrogen) atoms. The summed E-state index contributed by atoms with van der Waals surface area (Å²) in [6.45, 7) is 6.12. The fourth-order valence-corrected chi connectivity index (χ4v) is 4.71. The van der Waals surface area contributed by atoms with E-state index in [2.05, 4.69) is 43.3 Å². The Bertz CT molecular complexity index is 1470. The topological polar surface area (TPSA) is 109 Å². The zero-order valence-electron chi connectivity index (χ0n) is 19.9. The highest BCUT2D eigenvalue weighted by Crippen LogP contribution is 2.33. The monoisotopic (exact) mass is 577 g/mol. The fourth-order valence-electron chi connectivity index (χ4n) is 3.60. The number of benzene rings is 3. The molecule has 0 fully saturated rings. The number of rotatable bonds is 9. The molecule has 1 heterocycles. The summed E-state index contributed by atoms with van der Waals surface area (Å²) in [4.78, 5) is 25.7. The van der Waals surface area contributed by atoms with Crippen LogP contribution in [0.4, 0.5) is 11.4 Å². The molecule has 3 N–H and O–H groups in total. The van der Waals surface area contributed by atoms with Crippen LogP contribution < -0.4 is 10.6 Å². The van der Waals surface area contributed by atoms with Gasteiger partial charge in [0.15, 0.2) is 11.0 Å². The molecule has 0 unspecified atom stereocenters. The number of hydrogen-bond acceptors (Lipinski definition) is 6. The van der Waals surface area contributed by atoms with Crippen LogP contribution in [-0.4, -0.2) is 37.4 Å². The number of nitrogens with one attached hydrogen (secondary N) is 2. The van der Waals surface area contributed by atoms with Gasteiger partial charge in [-0.3, -0.25) is 14.2 Å². The number of hydrogen-bond donors (Lipinski definition) is 3. The largest absolute Gasteiger partial charge is 0.507 e. The van der Waals surface area contributed by atoms with Gasteiger partial charge >= 0.3 is 0 Å². The van der Waals surface area contributed by atoms with Crippen LogP contribution in [0.2, 0.25) is 0 Å². The van der Waals surface area contributed by atoms with Gasteiger partial charge < -0.3 is 15.7 Å². The quantitative estimate of drug-likeness (QED) is 0.169. The van der Waals surface area contributed by atoms with Crippen LogP contribution in [0.5, 0.6) is 5.75 Å². The lowest BCUT2D eigenvalue weighted by Gasteiger charge is -2.12. The molecular formula is C27H24BrN5O3S. The highest BCUT2D eigenvalue weighted by atomic mass is 79.9.